The molecule has 4 heterocycles. The Morgan fingerprint density at radius 1 is 1.05 bits per heavy atom. The van der Waals surface area contributed by atoms with Crippen molar-refractivity contribution in [3.63, 3.8) is 0 Å². The molecule has 226 valence electrons. The quantitative estimate of drug-likeness (QED) is 0.362. The zero-order valence-corrected chi connectivity index (χ0v) is 26.2. The molecule has 13 heteroatoms. The Balaban J connectivity index is 1.68. The van der Waals surface area contributed by atoms with Crippen molar-refractivity contribution in [2.45, 2.75) is 65.6 Å². The number of rotatable bonds is 4. The number of hydrogen-bond acceptors (Lipinski definition) is 9. The summed E-state index contributed by atoms with van der Waals surface area (Å²) in [6, 6.07) is 8.37. The Hall–Kier alpha value is -4.39. The van der Waals surface area contributed by atoms with E-state index in [2.05, 4.69) is 50.5 Å². The van der Waals surface area contributed by atoms with Crippen molar-refractivity contribution in [3.05, 3.63) is 70.9 Å². The summed E-state index contributed by atoms with van der Waals surface area (Å²) in [5, 5.41) is 3.85. The van der Waals surface area contributed by atoms with Gasteiger partial charge in [-0.15, -0.1) is 0 Å². The van der Waals surface area contributed by atoms with Crippen molar-refractivity contribution in [2.75, 3.05) is 11.3 Å². The second-order valence-corrected chi connectivity index (χ2v) is 13.7. The van der Waals surface area contributed by atoms with Gasteiger partial charge in [-0.2, -0.15) is 18.5 Å². The van der Waals surface area contributed by atoms with E-state index in [1.807, 2.05) is 39.0 Å². The number of benzene rings is 1. The first-order chi connectivity index (χ1) is 20.2. The SMILES string of the molecule is Cc1cnc(CN2C(=O)c3cc(nn3C)S(=O)(=O)Nc3nc(cc(-c4c(C)cccc4C)n3)OC[C@H]2CC(C)(C)C)nc1. The Kier molecular flexibility index (Phi) is 7.95. The Morgan fingerprint density at radius 2 is 1.72 bits per heavy atom. The van der Waals surface area contributed by atoms with E-state index < -0.39 is 22.0 Å². The van der Waals surface area contributed by atoms with Gasteiger partial charge in [0.25, 0.3) is 15.9 Å². The van der Waals surface area contributed by atoms with E-state index in [9.17, 15) is 13.2 Å². The minimum Gasteiger partial charge on any atom is -0.475 e. The highest BCUT2D eigenvalue weighted by Gasteiger charge is 2.34. The van der Waals surface area contributed by atoms with Gasteiger partial charge >= 0.3 is 0 Å². The van der Waals surface area contributed by atoms with Gasteiger partial charge < -0.3 is 9.64 Å². The van der Waals surface area contributed by atoms with Crippen molar-refractivity contribution in [1.29, 1.82) is 0 Å². The first-order valence-electron chi connectivity index (χ1n) is 13.9. The number of aromatic nitrogens is 6. The van der Waals surface area contributed by atoms with Crippen LogP contribution in [-0.4, -0.2) is 61.6 Å². The molecule has 3 aromatic heterocycles. The summed E-state index contributed by atoms with van der Waals surface area (Å²) in [4.78, 5) is 33.6. The number of nitrogens with one attached hydrogen (secondary N) is 1. The molecule has 1 amide bonds. The highest BCUT2D eigenvalue weighted by Crippen LogP contribution is 2.31. The van der Waals surface area contributed by atoms with E-state index >= 15 is 0 Å². The lowest BCUT2D eigenvalue weighted by molar-refractivity contribution is 0.0495. The maximum Gasteiger partial charge on any atom is 0.283 e. The zero-order valence-electron chi connectivity index (χ0n) is 25.4. The smallest absolute Gasteiger partial charge is 0.283 e. The molecular formula is C30H36N8O4S. The molecule has 1 N–H and O–H groups in total. The maximum absolute atomic E-state index is 14.2. The molecule has 43 heavy (non-hydrogen) atoms. The normalized spacial score (nSPS) is 16.9. The number of carbonyl (C=O) groups excluding carboxylic acids is 1. The van der Waals surface area contributed by atoms with Gasteiger partial charge in [-0.05, 0) is 49.3 Å². The van der Waals surface area contributed by atoms with Crippen LogP contribution in [0.4, 0.5) is 5.95 Å². The fraction of sp³-hybridized carbons (Fsp3) is 0.400. The molecule has 0 radical (unpaired) electrons. The molecule has 1 aromatic carbocycles. The predicted octanol–water partition coefficient (Wildman–Crippen LogP) is 4.23. The van der Waals surface area contributed by atoms with Gasteiger partial charge in [0.1, 0.15) is 18.1 Å². The fourth-order valence-corrected chi connectivity index (χ4v) is 6.08. The van der Waals surface area contributed by atoms with Gasteiger partial charge in [0.2, 0.25) is 11.8 Å². The Labute approximate surface area is 251 Å². The molecular weight excluding hydrogens is 568 g/mol. The first kappa shape index (κ1) is 30.1. The fourth-order valence-electron chi connectivity index (χ4n) is 5.15. The van der Waals surface area contributed by atoms with E-state index in [1.165, 1.54) is 17.8 Å². The molecule has 0 spiro atoms. The van der Waals surface area contributed by atoms with Crippen molar-refractivity contribution in [1.82, 2.24) is 34.6 Å². The average Bonchev–Trinajstić information content (AvgIpc) is 3.31. The molecule has 0 aliphatic carbocycles. The predicted molar refractivity (Wildman–Crippen MR) is 161 cm³/mol. The van der Waals surface area contributed by atoms with Crippen molar-refractivity contribution < 1.29 is 17.9 Å². The van der Waals surface area contributed by atoms with Crippen LogP contribution in [-0.2, 0) is 23.6 Å². The number of amides is 1. The third-order valence-electron chi connectivity index (χ3n) is 7.14. The van der Waals surface area contributed by atoms with Crippen LogP contribution in [0.2, 0.25) is 0 Å². The van der Waals surface area contributed by atoms with Crippen LogP contribution in [0, 0.1) is 26.2 Å². The minimum absolute atomic E-state index is 0.0784. The zero-order chi connectivity index (χ0) is 31.1. The van der Waals surface area contributed by atoms with Crippen molar-refractivity contribution in [2.24, 2.45) is 12.5 Å². The molecule has 5 rings (SSSR count). The number of nitrogens with zero attached hydrogens (tertiary/aromatic N) is 7. The van der Waals surface area contributed by atoms with Gasteiger partial charge in [0.15, 0.2) is 5.03 Å². The summed E-state index contributed by atoms with van der Waals surface area (Å²) in [5.74, 6) is 0.0285. The lowest BCUT2D eigenvalue weighted by Gasteiger charge is -2.35. The van der Waals surface area contributed by atoms with Gasteiger partial charge in [-0.25, -0.2) is 19.7 Å². The van der Waals surface area contributed by atoms with E-state index in [4.69, 9.17) is 4.74 Å². The number of ether oxygens (including phenoxy) is 1. The summed E-state index contributed by atoms with van der Waals surface area (Å²) in [6.07, 6.45) is 3.95. The monoisotopic (exact) mass is 604 g/mol. The third kappa shape index (κ3) is 6.66. The molecule has 4 aromatic rings. The van der Waals surface area contributed by atoms with Gasteiger partial charge in [-0.3, -0.25) is 9.48 Å². The summed E-state index contributed by atoms with van der Waals surface area (Å²) < 4.78 is 36.9. The molecule has 12 nitrogen and oxygen atoms in total. The van der Waals surface area contributed by atoms with Crippen LogP contribution in [0.3, 0.4) is 0 Å². The average molecular weight is 605 g/mol. The third-order valence-corrected chi connectivity index (χ3v) is 8.34. The molecule has 1 aliphatic rings. The second-order valence-electron chi connectivity index (χ2n) is 12.1. The minimum atomic E-state index is -4.26. The summed E-state index contributed by atoms with van der Waals surface area (Å²) >= 11 is 0. The van der Waals surface area contributed by atoms with Crippen molar-refractivity contribution in [3.8, 4) is 17.1 Å². The largest absolute Gasteiger partial charge is 0.475 e. The summed E-state index contributed by atoms with van der Waals surface area (Å²) in [6.45, 7) is 12.2. The number of carbonyl (C=O) groups is 1. The van der Waals surface area contributed by atoms with Crippen LogP contribution in [0.25, 0.3) is 11.3 Å². The maximum atomic E-state index is 14.2. The lowest BCUT2D eigenvalue weighted by atomic mass is 9.87. The standard InChI is InChI=1S/C30H36N8O4S/c1-18-14-31-24(32-15-18)16-38-21(13-30(4,5)6)17-42-25-11-22(27-19(2)9-8-10-20(27)3)33-29(34-25)36-43(40,41)26-12-23(28(38)39)37(7)35-26/h8-12,14-15,21H,13,16-17H2,1-7H3,(H,33,34,36)/t21-/m1/s1. The molecule has 1 atom stereocenters. The molecule has 0 unspecified atom stereocenters. The lowest BCUT2D eigenvalue weighted by Crippen LogP contribution is -2.46. The topological polar surface area (TPSA) is 145 Å². The second kappa shape index (κ2) is 11.4. The van der Waals surface area contributed by atoms with Crippen LogP contribution < -0.4 is 9.46 Å². The highest BCUT2D eigenvalue weighted by molar-refractivity contribution is 7.92. The van der Waals surface area contributed by atoms with Crippen LogP contribution in [0.5, 0.6) is 5.88 Å². The first-order valence-corrected chi connectivity index (χ1v) is 15.4. The molecule has 1 aliphatic heterocycles. The number of fused-ring (bicyclic) bond motifs is 4. The number of aryl methyl sites for hydroxylation is 4. The van der Waals surface area contributed by atoms with Crippen LogP contribution in [0.1, 0.15) is 60.2 Å². The number of sulfonamides is 1. The van der Waals surface area contributed by atoms with Gasteiger partial charge in [0, 0.05) is 37.1 Å². The van der Waals surface area contributed by atoms with Crippen molar-refractivity contribution >= 4 is 21.9 Å². The van der Waals surface area contributed by atoms with E-state index in [0.29, 0.717) is 17.9 Å². The molecule has 0 saturated carbocycles. The molecule has 0 fully saturated rings. The van der Waals surface area contributed by atoms with Gasteiger partial charge in [0.05, 0.1) is 18.3 Å². The van der Waals surface area contributed by atoms with E-state index in [-0.39, 0.29) is 41.1 Å². The van der Waals surface area contributed by atoms with Gasteiger partial charge in [-0.1, -0.05) is 39.0 Å². The summed E-state index contributed by atoms with van der Waals surface area (Å²) in [5.41, 5.74) is 4.06. The number of hydrogen-bond donors (Lipinski definition) is 1. The van der Waals surface area contributed by atoms with Crippen LogP contribution in [0.15, 0.2) is 47.8 Å². The molecule has 0 saturated heterocycles. The Morgan fingerprint density at radius 3 is 2.37 bits per heavy atom. The van der Waals surface area contributed by atoms with Crippen LogP contribution >= 0.6 is 0 Å². The van der Waals surface area contributed by atoms with E-state index in [0.717, 1.165) is 22.3 Å². The summed E-state index contributed by atoms with van der Waals surface area (Å²) in [7, 11) is -2.73. The number of anilines is 1. The molecule has 4 bridgehead atoms. The Bertz CT molecular complexity index is 1760. The van der Waals surface area contributed by atoms with E-state index in [1.54, 1.807) is 23.4 Å². The highest BCUT2D eigenvalue weighted by atomic mass is 32.2.